The molecule has 0 aliphatic carbocycles. The Hall–Kier alpha value is -4.50. The van der Waals surface area contributed by atoms with Crippen molar-refractivity contribution in [3.8, 4) is 17.2 Å². The van der Waals surface area contributed by atoms with Crippen LogP contribution in [-0.2, 0) is 0 Å². The quantitative estimate of drug-likeness (QED) is 0.356. The predicted octanol–water partition coefficient (Wildman–Crippen LogP) is 4.87. The molecule has 0 unspecified atom stereocenters. The van der Waals surface area contributed by atoms with Crippen molar-refractivity contribution in [2.75, 3.05) is 50.6 Å². The maximum Gasteiger partial charge on any atom is 0.161 e. The summed E-state index contributed by atoms with van der Waals surface area (Å²) in [7, 11) is 3.76. The molecule has 186 valence electrons. The lowest BCUT2D eigenvalue weighted by atomic mass is 10.1. The van der Waals surface area contributed by atoms with E-state index in [1.807, 2.05) is 42.5 Å². The van der Waals surface area contributed by atoms with Crippen LogP contribution in [0.2, 0.25) is 0 Å². The van der Waals surface area contributed by atoms with E-state index in [1.54, 1.807) is 25.6 Å². The Morgan fingerprint density at radius 2 is 1.62 bits per heavy atom. The number of pyridine rings is 2. The van der Waals surface area contributed by atoms with Crippen molar-refractivity contribution in [2.24, 2.45) is 0 Å². The Kier molecular flexibility index (Phi) is 6.11. The van der Waals surface area contributed by atoms with Crippen LogP contribution in [0.15, 0.2) is 73.1 Å². The largest absolute Gasteiger partial charge is 0.495 e. The first-order valence-electron chi connectivity index (χ1n) is 12.2. The molecule has 1 aliphatic rings. The number of anilines is 3. The van der Waals surface area contributed by atoms with Gasteiger partial charge in [0.25, 0.3) is 0 Å². The minimum absolute atomic E-state index is 0.629. The molecular weight excluding hydrogens is 466 g/mol. The fourth-order valence-electron chi connectivity index (χ4n) is 4.48. The minimum Gasteiger partial charge on any atom is -0.495 e. The summed E-state index contributed by atoms with van der Waals surface area (Å²) in [4.78, 5) is 13.5. The zero-order valence-electron chi connectivity index (χ0n) is 20.8. The van der Waals surface area contributed by atoms with Gasteiger partial charge in [-0.2, -0.15) is 0 Å². The zero-order chi connectivity index (χ0) is 25.2. The first-order chi connectivity index (χ1) is 18.2. The van der Waals surface area contributed by atoms with E-state index in [0.29, 0.717) is 28.3 Å². The van der Waals surface area contributed by atoms with Crippen molar-refractivity contribution in [2.45, 2.75) is 0 Å². The van der Waals surface area contributed by atoms with E-state index < -0.39 is 0 Å². The first kappa shape index (κ1) is 22.9. The summed E-state index contributed by atoms with van der Waals surface area (Å²) in [5, 5.41) is 14.7. The van der Waals surface area contributed by atoms with E-state index in [9.17, 15) is 0 Å². The van der Waals surface area contributed by atoms with Gasteiger partial charge in [-0.3, -0.25) is 4.98 Å². The van der Waals surface area contributed by atoms with E-state index in [-0.39, 0.29) is 0 Å². The molecule has 6 rings (SSSR count). The molecule has 3 aromatic heterocycles. The summed E-state index contributed by atoms with van der Waals surface area (Å²) in [6, 6.07) is 19.6. The number of hydrogen-bond donors (Lipinski definition) is 1. The van der Waals surface area contributed by atoms with Gasteiger partial charge in [0, 0.05) is 61.0 Å². The fourth-order valence-corrected chi connectivity index (χ4v) is 4.48. The van der Waals surface area contributed by atoms with Crippen LogP contribution in [0.5, 0.6) is 17.2 Å². The van der Waals surface area contributed by atoms with Crippen molar-refractivity contribution >= 4 is 39.1 Å². The van der Waals surface area contributed by atoms with Crippen LogP contribution < -0.4 is 19.7 Å². The fraction of sp³-hybridized carbons (Fsp3) is 0.214. The monoisotopic (exact) mass is 493 g/mol. The number of nitrogens with zero attached hydrogens (tertiary/aromatic N) is 6. The van der Waals surface area contributed by atoms with Gasteiger partial charge >= 0.3 is 0 Å². The highest BCUT2D eigenvalue weighted by Gasteiger charge is 2.19. The molecule has 1 N–H and O–H groups in total. The summed E-state index contributed by atoms with van der Waals surface area (Å²) < 4.78 is 11.4. The molecule has 0 amide bonds. The number of likely N-dealkylation sites (N-methyl/N-ethyl adjacent to an activating group) is 1. The van der Waals surface area contributed by atoms with Crippen LogP contribution in [0.25, 0.3) is 21.8 Å². The molecule has 0 atom stereocenters. The van der Waals surface area contributed by atoms with Crippen LogP contribution in [0.1, 0.15) is 0 Å². The van der Waals surface area contributed by atoms with E-state index in [2.05, 4.69) is 54.5 Å². The number of rotatable bonds is 6. The third kappa shape index (κ3) is 4.68. The van der Waals surface area contributed by atoms with Gasteiger partial charge < -0.3 is 24.6 Å². The summed E-state index contributed by atoms with van der Waals surface area (Å²) in [5.41, 5.74) is 2.27. The summed E-state index contributed by atoms with van der Waals surface area (Å²) in [5.74, 6) is 3.63. The lowest BCUT2D eigenvalue weighted by Crippen LogP contribution is -2.45. The second kappa shape index (κ2) is 9.87. The van der Waals surface area contributed by atoms with Gasteiger partial charge in [-0.15, -0.1) is 10.2 Å². The molecule has 0 spiro atoms. The lowest BCUT2D eigenvalue weighted by molar-refractivity contribution is 0.312. The standard InChI is InChI=1S/C28H27N7O2/c1-34-13-15-35(16-14-34)28-23-6-4-3-5-22(23)27(32-33-28)31-19-7-9-20(10-8-19)37-25-11-12-29-24-17-21(36-2)18-30-26(24)25/h3-12,17-18H,13-16H2,1-2H3,(H,31,32). The second-order valence-corrected chi connectivity index (χ2v) is 9.01. The molecule has 4 heterocycles. The number of piperazine rings is 1. The number of ether oxygens (including phenoxy) is 2. The molecule has 37 heavy (non-hydrogen) atoms. The van der Waals surface area contributed by atoms with E-state index >= 15 is 0 Å². The lowest BCUT2D eigenvalue weighted by Gasteiger charge is -2.33. The van der Waals surface area contributed by atoms with Gasteiger partial charge in [-0.25, -0.2) is 4.98 Å². The van der Waals surface area contributed by atoms with E-state index in [0.717, 1.165) is 54.3 Å². The number of aromatic nitrogens is 4. The van der Waals surface area contributed by atoms with E-state index in [4.69, 9.17) is 9.47 Å². The summed E-state index contributed by atoms with van der Waals surface area (Å²) in [6.45, 7) is 3.92. The molecule has 5 aromatic rings. The maximum atomic E-state index is 6.12. The predicted molar refractivity (Wildman–Crippen MR) is 145 cm³/mol. The molecule has 0 bridgehead atoms. The topological polar surface area (TPSA) is 88.5 Å². The van der Waals surface area contributed by atoms with Gasteiger partial charge in [0.05, 0.1) is 18.8 Å². The molecule has 2 aromatic carbocycles. The number of hydrogen-bond acceptors (Lipinski definition) is 9. The van der Waals surface area contributed by atoms with Crippen molar-refractivity contribution < 1.29 is 9.47 Å². The molecular formula is C28H27N7O2. The van der Waals surface area contributed by atoms with Gasteiger partial charge in [-0.1, -0.05) is 24.3 Å². The maximum absolute atomic E-state index is 6.12. The second-order valence-electron chi connectivity index (χ2n) is 9.01. The SMILES string of the molecule is COc1cnc2c(Oc3ccc(Nc4nnc(N5CCN(C)CC5)c5ccccc45)cc3)ccnc2c1. The molecule has 9 nitrogen and oxygen atoms in total. The van der Waals surface area contributed by atoms with E-state index in [1.165, 1.54) is 0 Å². The number of benzene rings is 2. The van der Waals surface area contributed by atoms with Gasteiger partial charge in [0.1, 0.15) is 17.0 Å². The number of methoxy groups -OCH3 is 1. The average Bonchev–Trinajstić information content (AvgIpc) is 2.95. The summed E-state index contributed by atoms with van der Waals surface area (Å²) >= 11 is 0. The van der Waals surface area contributed by atoms with Crippen LogP contribution in [0.4, 0.5) is 17.3 Å². The zero-order valence-corrected chi connectivity index (χ0v) is 20.8. The van der Waals surface area contributed by atoms with Crippen LogP contribution >= 0.6 is 0 Å². The highest BCUT2D eigenvalue weighted by Crippen LogP contribution is 2.32. The Labute approximate surface area is 214 Å². The average molecular weight is 494 g/mol. The first-order valence-corrected chi connectivity index (χ1v) is 12.2. The number of nitrogens with one attached hydrogen (secondary N) is 1. The molecule has 1 saturated heterocycles. The highest BCUT2D eigenvalue weighted by atomic mass is 16.5. The summed E-state index contributed by atoms with van der Waals surface area (Å²) in [6.07, 6.45) is 3.36. The third-order valence-corrected chi connectivity index (χ3v) is 6.57. The third-order valence-electron chi connectivity index (χ3n) is 6.57. The van der Waals surface area contributed by atoms with Gasteiger partial charge in [-0.05, 0) is 31.3 Å². The highest BCUT2D eigenvalue weighted by molar-refractivity contribution is 5.99. The molecule has 1 fully saturated rings. The molecule has 0 radical (unpaired) electrons. The van der Waals surface area contributed by atoms with Crippen LogP contribution in [0, 0.1) is 0 Å². The Balaban J connectivity index is 1.22. The van der Waals surface area contributed by atoms with Crippen molar-refractivity contribution in [1.82, 2.24) is 25.1 Å². The van der Waals surface area contributed by atoms with Crippen molar-refractivity contribution in [1.29, 1.82) is 0 Å². The number of fused-ring (bicyclic) bond motifs is 2. The van der Waals surface area contributed by atoms with Gasteiger partial charge in [0.15, 0.2) is 17.4 Å². The normalized spacial score (nSPS) is 14.2. The Morgan fingerprint density at radius 3 is 2.41 bits per heavy atom. The Bertz CT molecular complexity index is 1550. The Morgan fingerprint density at radius 1 is 0.838 bits per heavy atom. The molecule has 0 saturated carbocycles. The van der Waals surface area contributed by atoms with Gasteiger partial charge in [0.2, 0.25) is 0 Å². The van der Waals surface area contributed by atoms with Crippen LogP contribution in [0.3, 0.4) is 0 Å². The van der Waals surface area contributed by atoms with Crippen LogP contribution in [-0.4, -0.2) is 65.4 Å². The minimum atomic E-state index is 0.629. The molecule has 9 heteroatoms. The molecule has 1 aliphatic heterocycles. The van der Waals surface area contributed by atoms with Crippen molar-refractivity contribution in [3.63, 3.8) is 0 Å². The van der Waals surface area contributed by atoms with Crippen molar-refractivity contribution in [3.05, 3.63) is 73.1 Å². The smallest absolute Gasteiger partial charge is 0.161 e.